The van der Waals surface area contributed by atoms with Crippen LogP contribution in [0.15, 0.2) is 42.3 Å². The number of benzene rings is 1. The molecule has 2 amide bonds. The molecule has 4 rings (SSSR count). The predicted octanol–water partition coefficient (Wildman–Crippen LogP) is 5.17. The first kappa shape index (κ1) is 22.5. The molecule has 168 valence electrons. The van der Waals surface area contributed by atoms with Crippen molar-refractivity contribution >= 4 is 57.4 Å². The smallest absolute Gasteiger partial charge is 0.268 e. The Morgan fingerprint density at radius 3 is 2.69 bits per heavy atom. The maximum Gasteiger partial charge on any atom is 0.268 e. The van der Waals surface area contributed by atoms with Crippen LogP contribution in [0.1, 0.15) is 41.4 Å². The summed E-state index contributed by atoms with van der Waals surface area (Å²) in [4.78, 5) is 32.0. The number of hydrogen-bond acceptors (Lipinski definition) is 5. The summed E-state index contributed by atoms with van der Waals surface area (Å²) >= 11 is 7.82. The fraction of sp³-hybridized carbons (Fsp3) is 0.348. The number of nitrogens with zero attached hydrogens (tertiary/aromatic N) is 3. The van der Waals surface area contributed by atoms with E-state index < -0.39 is 0 Å². The molecule has 0 unspecified atom stereocenters. The molecule has 0 spiro atoms. The molecule has 1 aliphatic carbocycles. The van der Waals surface area contributed by atoms with Gasteiger partial charge in [0, 0.05) is 17.5 Å². The molecule has 0 bridgehead atoms. The van der Waals surface area contributed by atoms with Crippen molar-refractivity contribution in [2.75, 3.05) is 24.7 Å². The SMILES string of the molecule is C=CC(=O)Nc1csc(C(=O)Nc2nc3cccc(Cl)c3n2C2CCC(N(C)C)CC2)c1. The Balaban J connectivity index is 1.62. The molecule has 2 N–H and O–H groups in total. The summed E-state index contributed by atoms with van der Waals surface area (Å²) in [6.45, 7) is 3.44. The van der Waals surface area contributed by atoms with E-state index in [4.69, 9.17) is 16.6 Å². The molecule has 7 nitrogen and oxygen atoms in total. The Hall–Kier alpha value is -2.68. The molecule has 0 aliphatic heterocycles. The fourth-order valence-electron chi connectivity index (χ4n) is 4.26. The Morgan fingerprint density at radius 1 is 1.25 bits per heavy atom. The summed E-state index contributed by atoms with van der Waals surface area (Å²) in [7, 11) is 4.24. The van der Waals surface area contributed by atoms with Crippen molar-refractivity contribution in [3.63, 3.8) is 0 Å². The van der Waals surface area contributed by atoms with Gasteiger partial charge in [-0.1, -0.05) is 24.2 Å². The molecule has 1 aliphatic rings. The van der Waals surface area contributed by atoms with E-state index >= 15 is 0 Å². The van der Waals surface area contributed by atoms with Crippen molar-refractivity contribution in [2.45, 2.75) is 37.8 Å². The van der Waals surface area contributed by atoms with E-state index in [2.05, 4.69) is 40.8 Å². The maximum absolute atomic E-state index is 13.0. The number of thiophene rings is 1. The molecule has 9 heteroatoms. The number of imidazole rings is 1. The van der Waals surface area contributed by atoms with E-state index in [9.17, 15) is 9.59 Å². The normalized spacial score (nSPS) is 18.6. The topological polar surface area (TPSA) is 79.3 Å². The van der Waals surface area contributed by atoms with E-state index in [1.807, 2.05) is 18.2 Å². The van der Waals surface area contributed by atoms with Gasteiger partial charge >= 0.3 is 0 Å². The highest BCUT2D eigenvalue weighted by Gasteiger charge is 2.28. The van der Waals surface area contributed by atoms with Crippen LogP contribution in [0, 0.1) is 0 Å². The molecule has 3 aromatic rings. The number of rotatable bonds is 6. The van der Waals surface area contributed by atoms with Crippen molar-refractivity contribution < 1.29 is 9.59 Å². The quantitative estimate of drug-likeness (QED) is 0.486. The van der Waals surface area contributed by atoms with Gasteiger partial charge in [-0.05, 0) is 64.1 Å². The number of amides is 2. The number of aromatic nitrogens is 2. The largest absolute Gasteiger partial charge is 0.322 e. The van der Waals surface area contributed by atoms with Gasteiger partial charge in [-0.2, -0.15) is 0 Å². The Kier molecular flexibility index (Phi) is 6.64. The van der Waals surface area contributed by atoms with Crippen LogP contribution in [0.3, 0.4) is 0 Å². The zero-order chi connectivity index (χ0) is 22.8. The number of anilines is 2. The van der Waals surface area contributed by atoms with E-state index in [1.54, 1.807) is 11.4 Å². The summed E-state index contributed by atoms with van der Waals surface area (Å²) in [5, 5.41) is 7.99. The standard InChI is InChI=1S/C23H26ClN5O2S/c1-4-20(30)25-14-12-19(32-13-14)22(31)27-23-26-18-7-5-6-17(24)21(18)29(23)16-10-8-15(9-11-16)28(2)3/h4-7,12-13,15-16H,1,8-11H2,2-3H3,(H,25,30)(H,26,27,31). The van der Waals surface area contributed by atoms with E-state index in [-0.39, 0.29) is 17.9 Å². The minimum absolute atomic E-state index is 0.206. The van der Waals surface area contributed by atoms with Crippen molar-refractivity contribution in [3.8, 4) is 0 Å². The zero-order valence-electron chi connectivity index (χ0n) is 18.1. The molecular formula is C23H26ClN5O2S. The Labute approximate surface area is 196 Å². The van der Waals surface area contributed by atoms with Crippen molar-refractivity contribution in [3.05, 3.63) is 52.2 Å². The van der Waals surface area contributed by atoms with Crippen LogP contribution in [0.4, 0.5) is 11.6 Å². The predicted molar refractivity (Wildman–Crippen MR) is 131 cm³/mol. The van der Waals surface area contributed by atoms with Crippen molar-refractivity contribution in [1.82, 2.24) is 14.5 Å². The number of carbonyl (C=O) groups excluding carboxylic acids is 2. The van der Waals surface area contributed by atoms with Crippen LogP contribution in [0.5, 0.6) is 0 Å². The first-order chi connectivity index (χ1) is 15.4. The first-order valence-corrected chi connectivity index (χ1v) is 11.8. The summed E-state index contributed by atoms with van der Waals surface area (Å²) in [6.07, 6.45) is 5.31. The number of nitrogens with one attached hydrogen (secondary N) is 2. The third kappa shape index (κ3) is 4.57. The summed E-state index contributed by atoms with van der Waals surface area (Å²) in [5.41, 5.74) is 2.17. The number of halogens is 1. The molecule has 32 heavy (non-hydrogen) atoms. The van der Waals surface area contributed by atoms with Crippen LogP contribution in [0.25, 0.3) is 11.0 Å². The van der Waals surface area contributed by atoms with Gasteiger partial charge in [0.25, 0.3) is 5.91 Å². The van der Waals surface area contributed by atoms with Crippen LogP contribution in [-0.4, -0.2) is 46.4 Å². The molecule has 1 fully saturated rings. The molecule has 0 saturated heterocycles. The van der Waals surface area contributed by atoms with Gasteiger partial charge in [0.1, 0.15) is 0 Å². The van der Waals surface area contributed by atoms with Crippen LogP contribution in [-0.2, 0) is 4.79 Å². The molecule has 0 atom stereocenters. The van der Waals surface area contributed by atoms with E-state index in [0.29, 0.717) is 27.6 Å². The van der Waals surface area contributed by atoms with Crippen LogP contribution < -0.4 is 10.6 Å². The highest BCUT2D eigenvalue weighted by atomic mass is 35.5. The summed E-state index contributed by atoms with van der Waals surface area (Å²) in [6, 6.07) is 8.04. The van der Waals surface area contributed by atoms with Crippen molar-refractivity contribution in [1.29, 1.82) is 0 Å². The minimum Gasteiger partial charge on any atom is -0.322 e. The molecular weight excluding hydrogens is 446 g/mol. The summed E-state index contributed by atoms with van der Waals surface area (Å²) < 4.78 is 2.09. The minimum atomic E-state index is -0.320. The Morgan fingerprint density at radius 2 is 2.00 bits per heavy atom. The van der Waals surface area contributed by atoms with Gasteiger partial charge in [-0.25, -0.2) is 4.98 Å². The average molecular weight is 472 g/mol. The molecule has 1 aromatic carbocycles. The number of fused-ring (bicyclic) bond motifs is 1. The maximum atomic E-state index is 13.0. The number of para-hydroxylation sites is 1. The van der Waals surface area contributed by atoms with Gasteiger partial charge in [0.15, 0.2) is 0 Å². The van der Waals surface area contributed by atoms with Crippen LogP contribution >= 0.6 is 22.9 Å². The monoisotopic (exact) mass is 471 g/mol. The second kappa shape index (κ2) is 9.44. The number of hydrogen-bond donors (Lipinski definition) is 2. The van der Waals surface area contributed by atoms with Crippen LogP contribution in [0.2, 0.25) is 5.02 Å². The lowest BCUT2D eigenvalue weighted by molar-refractivity contribution is -0.111. The molecule has 0 radical (unpaired) electrons. The number of carbonyl (C=O) groups is 2. The second-order valence-corrected chi connectivity index (χ2v) is 9.50. The second-order valence-electron chi connectivity index (χ2n) is 8.19. The molecule has 1 saturated carbocycles. The highest BCUT2D eigenvalue weighted by molar-refractivity contribution is 7.12. The molecule has 2 heterocycles. The summed E-state index contributed by atoms with van der Waals surface area (Å²) in [5.74, 6) is -0.0974. The molecule has 2 aromatic heterocycles. The lowest BCUT2D eigenvalue weighted by Gasteiger charge is -2.34. The third-order valence-electron chi connectivity index (χ3n) is 5.92. The lowest BCUT2D eigenvalue weighted by atomic mass is 9.90. The van der Waals surface area contributed by atoms with E-state index in [1.165, 1.54) is 17.4 Å². The van der Waals surface area contributed by atoms with Crippen molar-refractivity contribution in [2.24, 2.45) is 0 Å². The van der Waals surface area contributed by atoms with Gasteiger partial charge in [-0.3, -0.25) is 14.9 Å². The van der Waals surface area contributed by atoms with Gasteiger partial charge < -0.3 is 14.8 Å². The van der Waals surface area contributed by atoms with Gasteiger partial charge in [0.2, 0.25) is 11.9 Å². The first-order valence-electron chi connectivity index (χ1n) is 10.5. The third-order valence-corrected chi connectivity index (χ3v) is 7.16. The highest BCUT2D eigenvalue weighted by Crippen LogP contribution is 2.38. The van der Waals surface area contributed by atoms with E-state index in [0.717, 1.165) is 36.7 Å². The van der Waals surface area contributed by atoms with Gasteiger partial charge in [0.05, 0.1) is 26.6 Å². The lowest BCUT2D eigenvalue weighted by Crippen LogP contribution is -2.33. The fourth-order valence-corrected chi connectivity index (χ4v) is 5.25. The zero-order valence-corrected chi connectivity index (χ0v) is 19.7. The average Bonchev–Trinajstić information content (AvgIpc) is 3.39. The Bertz CT molecular complexity index is 1160. The van der Waals surface area contributed by atoms with Gasteiger partial charge in [-0.15, -0.1) is 11.3 Å².